The molecule has 0 N–H and O–H groups in total. The quantitative estimate of drug-likeness (QED) is 0.689. The van der Waals surface area contributed by atoms with Crippen LogP contribution in [0.2, 0.25) is 0 Å². The summed E-state index contributed by atoms with van der Waals surface area (Å²) in [5.41, 5.74) is 2.61. The molecular weight excluding hydrogens is 360 g/mol. The Kier molecular flexibility index (Phi) is 1.57. The van der Waals surface area contributed by atoms with Crippen LogP contribution >= 0.6 is 0 Å². The molecule has 0 bridgehead atoms. The molecule has 0 atom stereocenters. The molecular formula is C10H8AtNO+. The Morgan fingerprint density at radius 3 is 3.08 bits per heavy atom. The van der Waals surface area contributed by atoms with Crippen molar-refractivity contribution in [3.63, 3.8) is 0 Å². The third kappa shape index (κ3) is 1.00. The number of pyridine rings is 1. The molecule has 3 heteroatoms. The minimum absolute atomic E-state index is 0.691. The monoisotopic (exact) mass is 368 g/mol. The zero-order chi connectivity index (χ0) is 8.84. The number of aryl methyl sites for hydroxylation is 1. The average Bonchev–Trinajstić information content (AvgIpc) is 2.57. The summed E-state index contributed by atoms with van der Waals surface area (Å²) in [5, 5.41) is 1.29. The van der Waals surface area contributed by atoms with Crippen molar-refractivity contribution in [2.45, 2.75) is 6.92 Å². The molecule has 2 heterocycles. The van der Waals surface area contributed by atoms with Crippen molar-refractivity contribution >= 4 is 10.9 Å². The maximum atomic E-state index is 5.71. The van der Waals surface area contributed by atoms with Gasteiger partial charge in [-0.3, -0.25) is 0 Å². The molecule has 13 heavy (non-hydrogen) atoms. The van der Waals surface area contributed by atoms with E-state index in [2.05, 4.69) is 39.8 Å². The summed E-state index contributed by atoms with van der Waals surface area (Å²) in [4.78, 5) is 0. The molecule has 65 valence electrons. The standard InChI is InChI=1S/C10H8AtNO/c1-7-5-6-8-3-2-4-9-10(8)12(7)11-13-9/h2-6H,1H3/q+1. The number of aromatic nitrogens is 1. The molecule has 1 aliphatic rings. The summed E-state index contributed by atoms with van der Waals surface area (Å²) >= 11 is -0.691. The summed E-state index contributed by atoms with van der Waals surface area (Å²) in [6.45, 7) is 2.14. The van der Waals surface area contributed by atoms with Crippen LogP contribution in [0, 0.1) is 30.9 Å². The predicted molar refractivity (Wildman–Crippen MR) is 44.9 cm³/mol. The first-order valence-corrected chi connectivity index (χ1v) is 6.64. The number of hydrogen-bond acceptors (Lipinski definition) is 1. The van der Waals surface area contributed by atoms with E-state index in [9.17, 15) is 0 Å². The van der Waals surface area contributed by atoms with Gasteiger partial charge in [0.25, 0.3) is 0 Å². The summed E-state index contributed by atoms with van der Waals surface area (Å²) in [7, 11) is 0. The molecule has 0 saturated heterocycles. The zero-order valence-electron chi connectivity index (χ0n) is 7.12. The van der Waals surface area contributed by atoms with Gasteiger partial charge in [-0.2, -0.15) is 0 Å². The van der Waals surface area contributed by atoms with Crippen LogP contribution in [0.4, 0.5) is 0 Å². The Hall–Kier alpha value is -0.687. The minimum atomic E-state index is -0.691. The van der Waals surface area contributed by atoms with E-state index in [0.717, 1.165) is 5.75 Å². The van der Waals surface area contributed by atoms with Gasteiger partial charge >= 0.3 is 88.9 Å². The first kappa shape index (κ1) is 7.69. The van der Waals surface area contributed by atoms with Crippen LogP contribution < -0.4 is 5.32 Å². The van der Waals surface area contributed by atoms with Crippen LogP contribution in [0.25, 0.3) is 10.9 Å². The Labute approximate surface area is 88.7 Å². The Bertz CT molecular complexity index is 495. The van der Waals surface area contributed by atoms with Crippen molar-refractivity contribution in [2.24, 2.45) is 0 Å². The molecule has 2 nitrogen and oxygen atoms in total. The second-order valence-electron chi connectivity index (χ2n) is 3.10. The van der Waals surface area contributed by atoms with Crippen molar-refractivity contribution in [3.8, 4) is 5.75 Å². The molecule has 1 radical (unpaired) electrons. The number of rotatable bonds is 0. The Morgan fingerprint density at radius 1 is 1.23 bits per heavy atom. The van der Waals surface area contributed by atoms with Crippen molar-refractivity contribution in [3.05, 3.63) is 36.0 Å². The van der Waals surface area contributed by atoms with Gasteiger partial charge in [-0.1, -0.05) is 0 Å². The van der Waals surface area contributed by atoms with Crippen LogP contribution in [-0.4, -0.2) is 0 Å². The van der Waals surface area contributed by atoms with E-state index in [0.29, 0.717) is 0 Å². The second-order valence-corrected chi connectivity index (χ2v) is 5.55. The van der Waals surface area contributed by atoms with Gasteiger partial charge in [0.05, 0.1) is 0 Å². The van der Waals surface area contributed by atoms with Crippen LogP contribution in [0.3, 0.4) is 0 Å². The molecule has 1 aromatic heterocycles. The first-order chi connectivity index (χ1) is 6.36. The van der Waals surface area contributed by atoms with E-state index in [4.69, 9.17) is 2.81 Å². The molecule has 0 aliphatic carbocycles. The van der Waals surface area contributed by atoms with Crippen LogP contribution in [0.5, 0.6) is 5.75 Å². The van der Waals surface area contributed by atoms with Gasteiger partial charge in [0.15, 0.2) is 0 Å². The fourth-order valence-electron chi connectivity index (χ4n) is 1.56. The summed E-state index contributed by atoms with van der Waals surface area (Å²) in [5.74, 6) is 1.07. The van der Waals surface area contributed by atoms with Gasteiger partial charge < -0.3 is 0 Å². The van der Waals surface area contributed by atoms with E-state index in [1.807, 2.05) is 0 Å². The number of hydrogen-bond donors (Lipinski definition) is 0. The van der Waals surface area contributed by atoms with Crippen molar-refractivity contribution in [1.82, 2.24) is 0 Å². The van der Waals surface area contributed by atoms with Crippen LogP contribution in [0.1, 0.15) is 5.69 Å². The topological polar surface area (TPSA) is 13.1 Å². The Balaban J connectivity index is 2.56. The van der Waals surface area contributed by atoms with E-state index in [1.165, 1.54) is 16.6 Å². The molecule has 1 aromatic carbocycles. The van der Waals surface area contributed by atoms with Crippen molar-refractivity contribution in [2.75, 3.05) is 0 Å². The van der Waals surface area contributed by atoms with E-state index >= 15 is 0 Å². The number of benzene rings is 1. The van der Waals surface area contributed by atoms with E-state index in [1.54, 1.807) is 0 Å². The van der Waals surface area contributed by atoms with Gasteiger partial charge in [0.2, 0.25) is 0 Å². The summed E-state index contributed by atoms with van der Waals surface area (Å²) in [6.07, 6.45) is 0. The van der Waals surface area contributed by atoms with Crippen LogP contribution in [0.15, 0.2) is 30.3 Å². The predicted octanol–water partition coefficient (Wildman–Crippen LogP) is 1.59. The molecule has 0 spiro atoms. The SMILES string of the molecule is Cc1ccc2cccc3c2[n+]1[At]O3. The van der Waals surface area contributed by atoms with Gasteiger partial charge in [0, 0.05) is 0 Å². The van der Waals surface area contributed by atoms with Gasteiger partial charge in [0.1, 0.15) is 0 Å². The van der Waals surface area contributed by atoms with Crippen LogP contribution in [-0.2, 0) is 0 Å². The second kappa shape index (κ2) is 2.65. The fourth-order valence-corrected chi connectivity index (χ4v) is 4.21. The number of para-hydroxylation sites is 1. The molecule has 3 rings (SSSR count). The van der Waals surface area contributed by atoms with E-state index in [-0.39, 0.29) is 0 Å². The van der Waals surface area contributed by atoms with Gasteiger partial charge in [-0.25, -0.2) is 0 Å². The average molecular weight is 368 g/mol. The molecule has 0 saturated carbocycles. The third-order valence-corrected chi connectivity index (χ3v) is 5.37. The van der Waals surface area contributed by atoms with Crippen molar-refractivity contribution in [1.29, 1.82) is 0 Å². The molecule has 0 unspecified atom stereocenters. The fraction of sp³-hybridized carbons (Fsp3) is 0.100. The molecule has 1 aliphatic heterocycles. The van der Waals surface area contributed by atoms with E-state index < -0.39 is 24.0 Å². The van der Waals surface area contributed by atoms with Gasteiger partial charge in [-0.15, -0.1) is 0 Å². The molecule has 0 fully saturated rings. The van der Waals surface area contributed by atoms with Crippen molar-refractivity contribution < 1.29 is 29.3 Å². The molecule has 0 amide bonds. The Morgan fingerprint density at radius 2 is 2.15 bits per heavy atom. The normalized spacial score (nSPS) is 13.3. The summed E-state index contributed by atoms with van der Waals surface area (Å²) in [6, 6.07) is 10.6. The number of nitrogens with zero attached hydrogens (tertiary/aromatic N) is 1. The maximum absolute atomic E-state index is 5.71. The summed E-state index contributed by atoms with van der Waals surface area (Å²) < 4.78 is 8.06. The first-order valence-electron chi connectivity index (χ1n) is 4.13. The third-order valence-electron chi connectivity index (χ3n) is 2.23. The molecule has 2 aromatic rings. The zero-order valence-corrected chi connectivity index (χ0v) is 10.1. The van der Waals surface area contributed by atoms with Gasteiger partial charge in [-0.05, 0) is 0 Å².